The maximum Gasteiger partial charge on any atom is 0.288 e. The van der Waals surface area contributed by atoms with Crippen molar-refractivity contribution < 1.29 is 14.1 Å². The topological polar surface area (TPSA) is 84.3 Å². The lowest BCUT2D eigenvalue weighted by molar-refractivity contribution is -0.384. The number of hydrogen-bond donors (Lipinski definition) is 2. The van der Waals surface area contributed by atoms with Crippen LogP contribution in [0.4, 0.5) is 15.8 Å². The van der Waals surface area contributed by atoms with E-state index in [-0.39, 0.29) is 21.4 Å². The minimum Gasteiger partial charge on any atom is -0.332 e. The Labute approximate surface area is 146 Å². The predicted octanol–water partition coefficient (Wildman–Crippen LogP) is 3.82. The number of carbonyl (C=O) groups is 1. The summed E-state index contributed by atoms with van der Waals surface area (Å²) in [6.45, 7) is 1.63. The van der Waals surface area contributed by atoms with Crippen molar-refractivity contribution in [2.45, 2.75) is 6.92 Å². The van der Waals surface area contributed by atoms with Crippen LogP contribution in [0.5, 0.6) is 0 Å². The van der Waals surface area contributed by atoms with E-state index in [9.17, 15) is 19.3 Å². The molecule has 6 nitrogen and oxygen atoms in total. The zero-order valence-corrected chi connectivity index (χ0v) is 13.9. The summed E-state index contributed by atoms with van der Waals surface area (Å²) in [4.78, 5) is 22.2. The number of nitrogens with one attached hydrogen (secondary N) is 2. The number of hydrogen-bond acceptors (Lipinski definition) is 4. The molecule has 1 amide bonds. The molecular weight excluding hydrogens is 357 g/mol. The molecular formula is C15H11ClFN3O3S. The summed E-state index contributed by atoms with van der Waals surface area (Å²) in [5.41, 5.74) is 0.972. The maximum atomic E-state index is 12.8. The first kappa shape index (κ1) is 17.8. The van der Waals surface area contributed by atoms with Crippen molar-refractivity contribution in [3.8, 4) is 0 Å². The first-order chi connectivity index (χ1) is 11.3. The highest BCUT2D eigenvalue weighted by Crippen LogP contribution is 2.30. The average Bonchev–Trinajstić information content (AvgIpc) is 2.50. The van der Waals surface area contributed by atoms with Crippen LogP contribution in [0.3, 0.4) is 0 Å². The number of rotatable bonds is 3. The van der Waals surface area contributed by atoms with E-state index in [1.165, 1.54) is 24.3 Å². The van der Waals surface area contributed by atoms with Gasteiger partial charge in [-0.1, -0.05) is 11.6 Å². The highest BCUT2D eigenvalue weighted by molar-refractivity contribution is 7.80. The molecule has 0 radical (unpaired) electrons. The number of nitro benzene ring substituents is 1. The molecule has 0 bridgehead atoms. The van der Waals surface area contributed by atoms with Crippen molar-refractivity contribution in [1.82, 2.24) is 5.32 Å². The highest BCUT2D eigenvalue weighted by Gasteiger charge is 2.16. The number of carbonyl (C=O) groups excluding carboxylic acids is 1. The molecule has 0 aromatic heterocycles. The fourth-order valence-corrected chi connectivity index (χ4v) is 2.31. The van der Waals surface area contributed by atoms with Gasteiger partial charge in [-0.15, -0.1) is 0 Å². The monoisotopic (exact) mass is 367 g/mol. The Morgan fingerprint density at radius 3 is 2.50 bits per heavy atom. The normalized spacial score (nSPS) is 10.1. The van der Waals surface area contributed by atoms with E-state index in [2.05, 4.69) is 10.6 Å². The van der Waals surface area contributed by atoms with Crippen molar-refractivity contribution in [3.05, 3.63) is 68.5 Å². The summed E-state index contributed by atoms with van der Waals surface area (Å²) in [6, 6.07) is 7.61. The molecule has 2 N–H and O–H groups in total. The van der Waals surface area contributed by atoms with Gasteiger partial charge in [0.15, 0.2) is 5.11 Å². The van der Waals surface area contributed by atoms with Gasteiger partial charge in [0.2, 0.25) is 0 Å². The number of thiocarbonyl (C=S) groups is 1. The zero-order valence-electron chi connectivity index (χ0n) is 12.3. The standard InChI is InChI=1S/C15H11ClFN3O3S/c1-8-6-13(20(22)23)11(16)7-12(8)18-15(24)19-14(21)9-2-4-10(17)5-3-9/h2-7H,1H3,(H2,18,19,21,24). The Balaban J connectivity index is 2.09. The number of aryl methyl sites for hydroxylation is 1. The molecule has 0 unspecified atom stereocenters. The number of nitrogens with zero attached hydrogens (tertiary/aromatic N) is 1. The fraction of sp³-hybridized carbons (Fsp3) is 0.0667. The molecule has 0 atom stereocenters. The summed E-state index contributed by atoms with van der Waals surface area (Å²) in [6.07, 6.45) is 0. The Kier molecular flexibility index (Phi) is 5.42. The van der Waals surface area contributed by atoms with Crippen molar-refractivity contribution in [2.24, 2.45) is 0 Å². The molecule has 9 heteroatoms. The van der Waals surface area contributed by atoms with Crippen molar-refractivity contribution >= 4 is 46.2 Å². The van der Waals surface area contributed by atoms with E-state index in [1.807, 2.05) is 0 Å². The summed E-state index contributed by atoms with van der Waals surface area (Å²) < 4.78 is 12.8. The van der Waals surface area contributed by atoms with Gasteiger partial charge >= 0.3 is 0 Å². The first-order valence-corrected chi connectivity index (χ1v) is 7.39. The van der Waals surface area contributed by atoms with Crippen LogP contribution in [0.25, 0.3) is 0 Å². The number of benzene rings is 2. The molecule has 24 heavy (non-hydrogen) atoms. The molecule has 2 aromatic carbocycles. The lowest BCUT2D eigenvalue weighted by atomic mass is 10.2. The van der Waals surface area contributed by atoms with Gasteiger partial charge in [-0.3, -0.25) is 20.2 Å². The van der Waals surface area contributed by atoms with Crippen LogP contribution in [0.15, 0.2) is 36.4 Å². The lowest BCUT2D eigenvalue weighted by Crippen LogP contribution is -2.34. The van der Waals surface area contributed by atoms with Crippen LogP contribution >= 0.6 is 23.8 Å². The molecule has 2 aromatic rings. The molecule has 0 aliphatic rings. The molecule has 0 fully saturated rings. The average molecular weight is 368 g/mol. The van der Waals surface area contributed by atoms with Crippen LogP contribution < -0.4 is 10.6 Å². The lowest BCUT2D eigenvalue weighted by Gasteiger charge is -2.12. The van der Waals surface area contributed by atoms with Gasteiger partial charge in [-0.05, 0) is 55.0 Å². The third-order valence-corrected chi connectivity index (χ3v) is 3.58. The van der Waals surface area contributed by atoms with Gasteiger partial charge in [0.05, 0.1) is 4.92 Å². The highest BCUT2D eigenvalue weighted by atomic mass is 35.5. The van der Waals surface area contributed by atoms with Crippen LogP contribution in [-0.4, -0.2) is 15.9 Å². The Hall–Kier alpha value is -2.58. The molecule has 2 rings (SSSR count). The second kappa shape index (κ2) is 7.33. The molecule has 0 spiro atoms. The second-order valence-electron chi connectivity index (χ2n) is 4.79. The SMILES string of the molecule is Cc1cc([N+](=O)[O-])c(Cl)cc1NC(=S)NC(=O)c1ccc(F)cc1. The second-order valence-corrected chi connectivity index (χ2v) is 5.61. The van der Waals surface area contributed by atoms with Crippen molar-refractivity contribution in [2.75, 3.05) is 5.32 Å². The van der Waals surface area contributed by atoms with Crippen LogP contribution in [0, 0.1) is 22.9 Å². The predicted molar refractivity (Wildman–Crippen MR) is 92.9 cm³/mol. The molecule has 0 aliphatic heterocycles. The summed E-state index contributed by atoms with van der Waals surface area (Å²) in [7, 11) is 0. The minimum atomic E-state index is -0.590. The van der Waals surface area contributed by atoms with Crippen LogP contribution in [0.2, 0.25) is 5.02 Å². The number of amides is 1. The quantitative estimate of drug-likeness (QED) is 0.489. The minimum absolute atomic E-state index is 0.0163. The van der Waals surface area contributed by atoms with Gasteiger partial charge in [-0.2, -0.15) is 0 Å². The maximum absolute atomic E-state index is 12.8. The molecule has 0 heterocycles. The van der Waals surface area contributed by atoms with Gasteiger partial charge in [0.25, 0.3) is 11.6 Å². The molecule has 0 saturated carbocycles. The number of anilines is 1. The Morgan fingerprint density at radius 1 is 1.29 bits per heavy atom. The van der Waals surface area contributed by atoms with E-state index >= 15 is 0 Å². The largest absolute Gasteiger partial charge is 0.332 e. The summed E-state index contributed by atoms with van der Waals surface area (Å²) in [5.74, 6) is -0.971. The van der Waals surface area contributed by atoms with E-state index in [1.54, 1.807) is 6.92 Å². The van der Waals surface area contributed by atoms with Crippen LogP contribution in [0.1, 0.15) is 15.9 Å². The third-order valence-electron chi connectivity index (χ3n) is 3.07. The Morgan fingerprint density at radius 2 is 1.92 bits per heavy atom. The molecule has 0 saturated heterocycles. The number of nitro groups is 1. The fourth-order valence-electron chi connectivity index (χ4n) is 1.87. The van der Waals surface area contributed by atoms with Gasteiger partial charge in [0, 0.05) is 17.3 Å². The van der Waals surface area contributed by atoms with E-state index in [4.69, 9.17) is 23.8 Å². The first-order valence-electron chi connectivity index (χ1n) is 6.60. The zero-order chi connectivity index (χ0) is 17.9. The van der Waals surface area contributed by atoms with Crippen LogP contribution in [-0.2, 0) is 0 Å². The molecule has 0 aliphatic carbocycles. The summed E-state index contributed by atoms with van der Waals surface area (Å²) >= 11 is 10.9. The smallest absolute Gasteiger partial charge is 0.288 e. The third kappa shape index (κ3) is 4.24. The van der Waals surface area contributed by atoms with Gasteiger partial charge in [-0.25, -0.2) is 4.39 Å². The van der Waals surface area contributed by atoms with Crippen molar-refractivity contribution in [1.29, 1.82) is 0 Å². The van der Waals surface area contributed by atoms with Gasteiger partial charge in [0.1, 0.15) is 10.8 Å². The van der Waals surface area contributed by atoms with Gasteiger partial charge < -0.3 is 5.32 Å². The van der Waals surface area contributed by atoms with E-state index < -0.39 is 16.6 Å². The van der Waals surface area contributed by atoms with Crippen molar-refractivity contribution in [3.63, 3.8) is 0 Å². The Bertz CT molecular complexity index is 827. The number of halogens is 2. The summed E-state index contributed by atoms with van der Waals surface area (Å²) in [5, 5.41) is 15.9. The molecule has 124 valence electrons. The van der Waals surface area contributed by atoms with E-state index in [0.717, 1.165) is 12.1 Å². The van der Waals surface area contributed by atoms with E-state index in [0.29, 0.717) is 11.3 Å².